The van der Waals surface area contributed by atoms with Crippen molar-refractivity contribution in [1.82, 2.24) is 10.2 Å². The summed E-state index contributed by atoms with van der Waals surface area (Å²) in [6.45, 7) is 4.63. The minimum absolute atomic E-state index is 0.0298. The van der Waals surface area contributed by atoms with E-state index in [1.165, 1.54) is 0 Å². The molecule has 0 aliphatic carbocycles. The lowest BCUT2D eigenvalue weighted by atomic mass is 10.0. The Bertz CT molecular complexity index is 418. The van der Waals surface area contributed by atoms with E-state index < -0.39 is 0 Å². The van der Waals surface area contributed by atoms with Gasteiger partial charge in [0.2, 0.25) is 5.91 Å². The van der Waals surface area contributed by atoms with Gasteiger partial charge in [-0.1, -0.05) is 12.1 Å². The summed E-state index contributed by atoms with van der Waals surface area (Å²) in [5.41, 5.74) is 1.93. The number of benzene rings is 1. The zero-order valence-corrected chi connectivity index (χ0v) is 11.5. The lowest BCUT2D eigenvalue weighted by molar-refractivity contribution is -0.120. The Morgan fingerprint density at radius 2 is 2.17 bits per heavy atom. The number of aromatic hydroxyl groups is 1. The zero-order valence-electron chi connectivity index (χ0n) is 11.5. The maximum Gasteiger partial charge on any atom is 0.221 e. The molecule has 1 rings (SSSR count). The van der Waals surface area contributed by atoms with Crippen molar-refractivity contribution in [3.05, 3.63) is 29.3 Å². The quantitative estimate of drug-likeness (QED) is 0.838. The van der Waals surface area contributed by atoms with Crippen LogP contribution >= 0.6 is 0 Å². The van der Waals surface area contributed by atoms with Gasteiger partial charge < -0.3 is 10.4 Å². The number of carbonyl (C=O) groups excluding carboxylic acids is 1. The third kappa shape index (κ3) is 3.74. The number of hydrogen-bond acceptors (Lipinski definition) is 3. The minimum Gasteiger partial charge on any atom is -0.508 e. The first-order valence-electron chi connectivity index (χ1n) is 6.16. The Labute approximate surface area is 109 Å². The number of nitrogens with zero attached hydrogens (tertiary/aromatic N) is 1. The molecular formula is C14H22N2O2. The number of phenolic OH excluding ortho intramolecular Hbond substituents is 1. The van der Waals surface area contributed by atoms with Gasteiger partial charge in [-0.05, 0) is 32.5 Å². The topological polar surface area (TPSA) is 52.6 Å². The summed E-state index contributed by atoms with van der Waals surface area (Å²) in [5.74, 6) is 0.344. The Kier molecular flexibility index (Phi) is 5.16. The van der Waals surface area contributed by atoms with Crippen LogP contribution in [-0.2, 0) is 4.79 Å². The molecule has 2 N–H and O–H groups in total. The molecule has 1 aromatic rings. The van der Waals surface area contributed by atoms with E-state index in [1.54, 1.807) is 13.1 Å². The molecule has 0 saturated heterocycles. The molecule has 0 aliphatic rings. The Morgan fingerprint density at radius 3 is 2.72 bits per heavy atom. The van der Waals surface area contributed by atoms with Gasteiger partial charge in [0, 0.05) is 31.6 Å². The minimum atomic E-state index is 0.0298. The number of carbonyl (C=O) groups is 1. The number of hydrogen-bond donors (Lipinski definition) is 2. The predicted molar refractivity (Wildman–Crippen MR) is 72.6 cm³/mol. The highest BCUT2D eigenvalue weighted by Gasteiger charge is 2.15. The lowest BCUT2D eigenvalue weighted by Gasteiger charge is -2.25. The molecule has 100 valence electrons. The van der Waals surface area contributed by atoms with Crippen LogP contribution in [0.25, 0.3) is 0 Å². The van der Waals surface area contributed by atoms with Crippen LogP contribution in [0.2, 0.25) is 0 Å². The van der Waals surface area contributed by atoms with Crippen LogP contribution in [0.15, 0.2) is 18.2 Å². The van der Waals surface area contributed by atoms with Gasteiger partial charge in [-0.25, -0.2) is 0 Å². The first-order chi connectivity index (χ1) is 8.45. The van der Waals surface area contributed by atoms with E-state index in [1.807, 2.05) is 33.0 Å². The van der Waals surface area contributed by atoms with Gasteiger partial charge in [0.1, 0.15) is 5.75 Å². The molecule has 18 heavy (non-hydrogen) atoms. The normalized spacial score (nSPS) is 12.5. The molecule has 4 nitrogen and oxygen atoms in total. The Balaban J connectivity index is 2.68. The molecule has 0 saturated carbocycles. The maximum atomic E-state index is 11.2. The molecule has 0 spiro atoms. The fraction of sp³-hybridized carbons (Fsp3) is 0.500. The van der Waals surface area contributed by atoms with Gasteiger partial charge in [-0.3, -0.25) is 9.69 Å². The van der Waals surface area contributed by atoms with Crippen LogP contribution < -0.4 is 5.32 Å². The first kappa shape index (κ1) is 14.5. The van der Waals surface area contributed by atoms with E-state index in [2.05, 4.69) is 10.2 Å². The summed E-state index contributed by atoms with van der Waals surface area (Å²) < 4.78 is 0. The fourth-order valence-corrected chi connectivity index (χ4v) is 1.84. The van der Waals surface area contributed by atoms with E-state index in [4.69, 9.17) is 0 Å². The molecular weight excluding hydrogens is 228 g/mol. The molecule has 0 aromatic heterocycles. The Morgan fingerprint density at radius 1 is 1.50 bits per heavy atom. The molecule has 0 fully saturated rings. The molecule has 0 radical (unpaired) electrons. The molecule has 0 aliphatic heterocycles. The summed E-state index contributed by atoms with van der Waals surface area (Å²) >= 11 is 0. The third-order valence-corrected chi connectivity index (χ3v) is 3.27. The maximum absolute atomic E-state index is 11.2. The van der Waals surface area contributed by atoms with Gasteiger partial charge in [-0.15, -0.1) is 0 Å². The second-order valence-electron chi connectivity index (χ2n) is 4.64. The van der Waals surface area contributed by atoms with Crippen LogP contribution in [-0.4, -0.2) is 36.6 Å². The van der Waals surface area contributed by atoms with E-state index in [9.17, 15) is 9.90 Å². The smallest absolute Gasteiger partial charge is 0.221 e. The lowest BCUT2D eigenvalue weighted by Crippen LogP contribution is -2.28. The number of amides is 1. The van der Waals surface area contributed by atoms with Gasteiger partial charge >= 0.3 is 0 Å². The van der Waals surface area contributed by atoms with E-state index in [-0.39, 0.29) is 11.9 Å². The summed E-state index contributed by atoms with van der Waals surface area (Å²) in [4.78, 5) is 13.3. The molecule has 1 atom stereocenters. The molecule has 4 heteroatoms. The zero-order chi connectivity index (χ0) is 13.7. The SMILES string of the molecule is CNC(=O)CCN(C)C(C)c1ccc(C)cc1O. The second kappa shape index (κ2) is 6.40. The highest BCUT2D eigenvalue weighted by atomic mass is 16.3. The second-order valence-corrected chi connectivity index (χ2v) is 4.64. The molecule has 1 amide bonds. The summed E-state index contributed by atoms with van der Waals surface area (Å²) in [6, 6.07) is 5.76. The van der Waals surface area contributed by atoms with Crippen LogP contribution in [0.1, 0.15) is 30.5 Å². The first-order valence-corrected chi connectivity index (χ1v) is 6.16. The summed E-state index contributed by atoms with van der Waals surface area (Å²) in [5, 5.41) is 12.5. The van der Waals surface area contributed by atoms with Crippen molar-refractivity contribution in [2.24, 2.45) is 0 Å². The number of nitrogens with one attached hydrogen (secondary N) is 1. The molecule has 1 unspecified atom stereocenters. The van der Waals surface area contributed by atoms with Crippen LogP contribution in [0.4, 0.5) is 0 Å². The van der Waals surface area contributed by atoms with Crippen molar-refractivity contribution < 1.29 is 9.90 Å². The van der Waals surface area contributed by atoms with E-state index in [0.29, 0.717) is 18.7 Å². The van der Waals surface area contributed by atoms with Gasteiger partial charge in [-0.2, -0.15) is 0 Å². The monoisotopic (exact) mass is 250 g/mol. The van der Waals surface area contributed by atoms with E-state index in [0.717, 1.165) is 11.1 Å². The van der Waals surface area contributed by atoms with Crippen molar-refractivity contribution in [2.75, 3.05) is 20.6 Å². The average Bonchev–Trinajstić information content (AvgIpc) is 2.34. The van der Waals surface area contributed by atoms with Gasteiger partial charge in [0.15, 0.2) is 0 Å². The van der Waals surface area contributed by atoms with Crippen LogP contribution in [0.3, 0.4) is 0 Å². The largest absolute Gasteiger partial charge is 0.508 e. The van der Waals surface area contributed by atoms with Crippen LogP contribution in [0.5, 0.6) is 5.75 Å². The van der Waals surface area contributed by atoms with Crippen LogP contribution in [0, 0.1) is 6.92 Å². The van der Waals surface area contributed by atoms with Crippen molar-refractivity contribution in [3.63, 3.8) is 0 Å². The highest BCUT2D eigenvalue weighted by molar-refractivity contribution is 5.75. The third-order valence-electron chi connectivity index (χ3n) is 3.27. The predicted octanol–water partition coefficient (Wildman–Crippen LogP) is 1.83. The van der Waals surface area contributed by atoms with E-state index >= 15 is 0 Å². The molecule has 1 aromatic carbocycles. The number of rotatable bonds is 5. The Hall–Kier alpha value is -1.55. The molecule has 0 bridgehead atoms. The van der Waals surface area contributed by atoms with Gasteiger partial charge in [0.05, 0.1) is 0 Å². The molecule has 0 heterocycles. The highest BCUT2D eigenvalue weighted by Crippen LogP contribution is 2.28. The number of phenols is 1. The summed E-state index contributed by atoms with van der Waals surface area (Å²) in [6.07, 6.45) is 0.462. The van der Waals surface area contributed by atoms with Gasteiger partial charge in [0.25, 0.3) is 0 Å². The average molecular weight is 250 g/mol. The van der Waals surface area contributed by atoms with Crippen molar-refractivity contribution >= 4 is 5.91 Å². The van der Waals surface area contributed by atoms with Crippen molar-refractivity contribution in [2.45, 2.75) is 26.3 Å². The number of aryl methyl sites for hydroxylation is 1. The van der Waals surface area contributed by atoms with Crippen molar-refractivity contribution in [3.8, 4) is 5.75 Å². The summed E-state index contributed by atoms with van der Waals surface area (Å²) in [7, 11) is 3.59. The standard InChI is InChI=1S/C14H22N2O2/c1-10-5-6-12(13(17)9-10)11(2)16(4)8-7-14(18)15-3/h5-6,9,11,17H,7-8H2,1-4H3,(H,15,18). The van der Waals surface area contributed by atoms with Crippen molar-refractivity contribution in [1.29, 1.82) is 0 Å². The fourth-order valence-electron chi connectivity index (χ4n) is 1.84.